The predicted molar refractivity (Wildman–Crippen MR) is 23.4 cm³/mol. The normalized spacial score (nSPS) is 52.9. The molecule has 2 rings (SSSR count). The fourth-order valence-electron chi connectivity index (χ4n) is 0.658. The summed E-state index contributed by atoms with van der Waals surface area (Å²) in [5.41, 5.74) is 2.63. The second-order valence-electron chi connectivity index (χ2n) is 1.89. The number of rotatable bonds is 0. The zero-order valence-electron chi connectivity index (χ0n) is 4.46. The molecule has 0 radical (unpaired) electrons. The van der Waals surface area contributed by atoms with Gasteiger partial charge < -0.3 is 9.47 Å². The van der Waals surface area contributed by atoms with Crippen LogP contribution >= 0.6 is 0 Å². The van der Waals surface area contributed by atoms with Crippen LogP contribution in [-0.4, -0.2) is 18.8 Å². The summed E-state index contributed by atoms with van der Waals surface area (Å²) in [5.74, 6) is 0. The van der Waals surface area contributed by atoms with Crippen molar-refractivity contribution in [3.8, 4) is 0 Å². The van der Waals surface area contributed by atoms with Gasteiger partial charge >= 0.3 is 0 Å². The van der Waals surface area contributed by atoms with Crippen molar-refractivity contribution in [2.45, 2.75) is 25.7 Å². The molecule has 4 heteroatoms. The van der Waals surface area contributed by atoms with Gasteiger partial charge in [-0.3, -0.25) is 4.84 Å². The SMILES string of the molecule is CC1NOC2OC2O1. The third-order valence-corrected chi connectivity index (χ3v) is 1.10. The standard InChI is InChI=1S/C4H7NO3/c1-2-5-8-4-3(6-2)7-4/h2-5H,1H3. The summed E-state index contributed by atoms with van der Waals surface area (Å²) in [4.78, 5) is 4.87. The minimum absolute atomic E-state index is 0.0428. The van der Waals surface area contributed by atoms with Gasteiger partial charge in [0, 0.05) is 0 Å². The third kappa shape index (κ3) is 0.621. The minimum atomic E-state index is -0.147. The van der Waals surface area contributed by atoms with Crippen molar-refractivity contribution in [1.82, 2.24) is 5.48 Å². The van der Waals surface area contributed by atoms with Gasteiger partial charge in [0.25, 0.3) is 0 Å². The van der Waals surface area contributed by atoms with Crippen LogP contribution in [0.15, 0.2) is 0 Å². The zero-order chi connectivity index (χ0) is 5.56. The summed E-state index contributed by atoms with van der Waals surface area (Å²) in [6.07, 6.45) is -0.295. The van der Waals surface area contributed by atoms with Gasteiger partial charge in [-0.1, -0.05) is 0 Å². The third-order valence-electron chi connectivity index (χ3n) is 1.10. The van der Waals surface area contributed by atoms with Crippen molar-refractivity contribution >= 4 is 0 Å². The number of hydrogen-bond donors (Lipinski definition) is 1. The first-order valence-electron chi connectivity index (χ1n) is 2.58. The molecule has 0 aliphatic carbocycles. The molecule has 3 unspecified atom stereocenters. The smallest absolute Gasteiger partial charge is 0.231 e. The molecule has 0 bridgehead atoms. The lowest BCUT2D eigenvalue weighted by Gasteiger charge is -2.15. The van der Waals surface area contributed by atoms with E-state index in [9.17, 15) is 0 Å². The molecule has 1 N–H and O–H groups in total. The molecule has 0 aromatic rings. The molecule has 2 aliphatic rings. The quantitative estimate of drug-likeness (QED) is 0.437. The van der Waals surface area contributed by atoms with E-state index in [4.69, 9.17) is 14.3 Å². The highest BCUT2D eigenvalue weighted by atomic mass is 16.9. The highest BCUT2D eigenvalue weighted by Crippen LogP contribution is 2.27. The average molecular weight is 117 g/mol. The molecule has 2 aliphatic heterocycles. The molecule has 3 atom stereocenters. The Bertz CT molecular complexity index is 107. The lowest BCUT2D eigenvalue weighted by molar-refractivity contribution is -0.152. The van der Waals surface area contributed by atoms with Crippen LogP contribution in [0.25, 0.3) is 0 Å². The van der Waals surface area contributed by atoms with Crippen LogP contribution in [0.1, 0.15) is 6.92 Å². The summed E-state index contributed by atoms with van der Waals surface area (Å²) in [5, 5.41) is 0. The molecule has 0 spiro atoms. The Morgan fingerprint density at radius 3 is 2.75 bits per heavy atom. The van der Waals surface area contributed by atoms with E-state index in [1.807, 2.05) is 6.92 Å². The summed E-state index contributed by atoms with van der Waals surface area (Å²) in [6.45, 7) is 1.86. The Kier molecular flexibility index (Phi) is 0.830. The van der Waals surface area contributed by atoms with Gasteiger partial charge in [0.2, 0.25) is 12.6 Å². The molecular weight excluding hydrogens is 110 g/mol. The number of ether oxygens (including phenoxy) is 2. The Morgan fingerprint density at radius 2 is 2.12 bits per heavy atom. The fraction of sp³-hybridized carbons (Fsp3) is 1.00. The number of fused-ring (bicyclic) bond motifs is 1. The molecule has 2 saturated heterocycles. The van der Waals surface area contributed by atoms with Crippen LogP contribution in [0.2, 0.25) is 0 Å². The van der Waals surface area contributed by atoms with Gasteiger partial charge in [0.15, 0.2) is 0 Å². The minimum Gasteiger partial charge on any atom is -0.327 e. The first-order valence-corrected chi connectivity index (χ1v) is 2.58. The molecule has 2 heterocycles. The highest BCUT2D eigenvalue weighted by molar-refractivity contribution is 4.69. The van der Waals surface area contributed by atoms with E-state index in [0.29, 0.717) is 0 Å². The Hall–Kier alpha value is -0.160. The van der Waals surface area contributed by atoms with E-state index in [-0.39, 0.29) is 18.8 Å². The van der Waals surface area contributed by atoms with Crippen LogP contribution in [0.3, 0.4) is 0 Å². The molecule has 0 saturated carbocycles. The van der Waals surface area contributed by atoms with Crippen molar-refractivity contribution in [3.63, 3.8) is 0 Å². The highest BCUT2D eigenvalue weighted by Gasteiger charge is 2.46. The van der Waals surface area contributed by atoms with Crippen molar-refractivity contribution in [3.05, 3.63) is 0 Å². The Morgan fingerprint density at radius 1 is 1.25 bits per heavy atom. The molecule has 0 aromatic heterocycles. The first kappa shape index (κ1) is 4.69. The van der Waals surface area contributed by atoms with Crippen LogP contribution in [0.4, 0.5) is 0 Å². The number of hydroxylamine groups is 1. The van der Waals surface area contributed by atoms with Gasteiger partial charge in [0.05, 0.1) is 0 Å². The van der Waals surface area contributed by atoms with E-state index < -0.39 is 0 Å². The fourth-order valence-corrected chi connectivity index (χ4v) is 0.658. The molecule has 4 nitrogen and oxygen atoms in total. The lowest BCUT2D eigenvalue weighted by atomic mass is 10.6. The summed E-state index contributed by atoms with van der Waals surface area (Å²) < 4.78 is 9.94. The van der Waals surface area contributed by atoms with Crippen molar-refractivity contribution in [2.24, 2.45) is 0 Å². The van der Waals surface area contributed by atoms with Crippen molar-refractivity contribution < 1.29 is 14.3 Å². The summed E-state index contributed by atoms with van der Waals surface area (Å²) in [7, 11) is 0. The maximum absolute atomic E-state index is 5.10. The monoisotopic (exact) mass is 117 g/mol. The molecule has 2 fully saturated rings. The topological polar surface area (TPSA) is 43.0 Å². The van der Waals surface area contributed by atoms with E-state index >= 15 is 0 Å². The van der Waals surface area contributed by atoms with E-state index in [1.54, 1.807) is 0 Å². The van der Waals surface area contributed by atoms with Gasteiger partial charge in [-0.2, -0.15) is 5.48 Å². The van der Waals surface area contributed by atoms with Gasteiger partial charge in [0.1, 0.15) is 6.23 Å². The predicted octanol–water partition coefficient (Wildman–Crippen LogP) is -0.434. The zero-order valence-corrected chi connectivity index (χ0v) is 4.46. The second kappa shape index (κ2) is 1.41. The van der Waals surface area contributed by atoms with Gasteiger partial charge in [-0.25, -0.2) is 0 Å². The average Bonchev–Trinajstić information content (AvgIpc) is 2.43. The number of hydrogen-bond acceptors (Lipinski definition) is 4. The van der Waals surface area contributed by atoms with E-state index in [2.05, 4.69) is 5.48 Å². The van der Waals surface area contributed by atoms with Crippen LogP contribution in [-0.2, 0) is 14.3 Å². The molecule has 0 aromatic carbocycles. The maximum Gasteiger partial charge on any atom is 0.231 e. The van der Waals surface area contributed by atoms with Crippen LogP contribution < -0.4 is 5.48 Å². The first-order chi connectivity index (χ1) is 3.86. The van der Waals surface area contributed by atoms with Crippen molar-refractivity contribution in [2.75, 3.05) is 0 Å². The maximum atomic E-state index is 5.10. The largest absolute Gasteiger partial charge is 0.327 e. The molecule has 0 amide bonds. The molecular formula is C4H7NO3. The second-order valence-corrected chi connectivity index (χ2v) is 1.89. The molecule has 8 heavy (non-hydrogen) atoms. The number of nitrogens with one attached hydrogen (secondary N) is 1. The Labute approximate surface area is 46.7 Å². The summed E-state index contributed by atoms with van der Waals surface area (Å²) in [6, 6.07) is 0. The molecule has 46 valence electrons. The van der Waals surface area contributed by atoms with Gasteiger partial charge in [-0.05, 0) is 6.92 Å². The van der Waals surface area contributed by atoms with Crippen molar-refractivity contribution in [1.29, 1.82) is 0 Å². The van der Waals surface area contributed by atoms with Crippen LogP contribution in [0.5, 0.6) is 0 Å². The number of epoxide rings is 1. The summed E-state index contributed by atoms with van der Waals surface area (Å²) >= 11 is 0. The van der Waals surface area contributed by atoms with E-state index in [1.165, 1.54) is 0 Å². The lowest BCUT2D eigenvalue weighted by Crippen LogP contribution is -2.36. The van der Waals surface area contributed by atoms with Gasteiger partial charge in [-0.15, -0.1) is 0 Å². The van der Waals surface area contributed by atoms with E-state index in [0.717, 1.165) is 0 Å². The Balaban J connectivity index is 1.93. The van der Waals surface area contributed by atoms with Crippen LogP contribution in [0, 0.1) is 0 Å².